The number of phenols is 1. The summed E-state index contributed by atoms with van der Waals surface area (Å²) in [7, 11) is 1.30. The van der Waals surface area contributed by atoms with Crippen LogP contribution in [0.2, 0.25) is 0 Å². The van der Waals surface area contributed by atoms with Crippen LogP contribution < -0.4 is 0 Å². The molecular formula is C11H13BrO3S. The number of ether oxygens (including phenoxy) is 1. The Morgan fingerprint density at radius 2 is 1.94 bits per heavy atom. The molecule has 1 N–H and O–H groups in total. The van der Waals surface area contributed by atoms with Gasteiger partial charge >= 0.3 is 5.97 Å². The van der Waals surface area contributed by atoms with Crippen molar-refractivity contribution >= 4 is 33.7 Å². The lowest BCUT2D eigenvalue weighted by Gasteiger charge is -2.15. The van der Waals surface area contributed by atoms with Crippen molar-refractivity contribution in [2.75, 3.05) is 13.4 Å². The van der Waals surface area contributed by atoms with Gasteiger partial charge < -0.3 is 9.84 Å². The van der Waals surface area contributed by atoms with Crippen LogP contribution in [0.15, 0.2) is 9.37 Å². The van der Waals surface area contributed by atoms with Gasteiger partial charge in [0.05, 0.1) is 7.11 Å². The zero-order valence-electron chi connectivity index (χ0n) is 9.55. The van der Waals surface area contributed by atoms with E-state index in [1.165, 1.54) is 18.9 Å². The number of hydrogen-bond acceptors (Lipinski definition) is 4. The van der Waals surface area contributed by atoms with Gasteiger partial charge in [0, 0.05) is 9.37 Å². The van der Waals surface area contributed by atoms with Gasteiger partial charge in [-0.2, -0.15) is 0 Å². The van der Waals surface area contributed by atoms with Crippen molar-refractivity contribution in [3.05, 3.63) is 21.2 Å². The second kappa shape index (κ2) is 5.10. The number of esters is 1. The molecule has 0 amide bonds. The molecule has 0 saturated carbocycles. The first-order chi connectivity index (χ1) is 7.45. The Hall–Kier alpha value is -0.680. The molecule has 0 heterocycles. The van der Waals surface area contributed by atoms with Crippen LogP contribution in [0.5, 0.6) is 5.75 Å². The Kier molecular flexibility index (Phi) is 4.27. The first-order valence-corrected chi connectivity index (χ1v) is 6.61. The lowest BCUT2D eigenvalue weighted by molar-refractivity contribution is 0.0593. The van der Waals surface area contributed by atoms with Gasteiger partial charge in [0.25, 0.3) is 0 Å². The molecule has 1 rings (SSSR count). The summed E-state index contributed by atoms with van der Waals surface area (Å²) in [5, 5.41) is 9.98. The monoisotopic (exact) mass is 304 g/mol. The third-order valence-electron chi connectivity index (χ3n) is 2.50. The van der Waals surface area contributed by atoms with Crippen molar-refractivity contribution in [2.24, 2.45) is 0 Å². The Morgan fingerprint density at radius 1 is 1.38 bits per heavy atom. The fourth-order valence-electron chi connectivity index (χ4n) is 1.40. The lowest BCUT2D eigenvalue weighted by atomic mass is 10.0. The smallest absolute Gasteiger partial charge is 0.342 e. The molecule has 0 aliphatic heterocycles. The van der Waals surface area contributed by atoms with Crippen molar-refractivity contribution in [1.82, 2.24) is 0 Å². The highest BCUT2D eigenvalue weighted by Gasteiger charge is 2.23. The molecule has 0 saturated heterocycles. The quantitative estimate of drug-likeness (QED) is 0.673. The van der Waals surface area contributed by atoms with Crippen molar-refractivity contribution < 1.29 is 14.6 Å². The third kappa shape index (κ3) is 2.06. The predicted molar refractivity (Wildman–Crippen MR) is 68.4 cm³/mol. The lowest BCUT2D eigenvalue weighted by Crippen LogP contribution is -2.06. The fraction of sp³-hybridized carbons (Fsp3) is 0.364. The maximum absolute atomic E-state index is 11.6. The van der Waals surface area contributed by atoms with Crippen molar-refractivity contribution in [1.29, 1.82) is 0 Å². The van der Waals surface area contributed by atoms with E-state index in [2.05, 4.69) is 20.7 Å². The van der Waals surface area contributed by atoms with Gasteiger partial charge in [-0.15, -0.1) is 11.8 Å². The highest BCUT2D eigenvalue weighted by molar-refractivity contribution is 9.10. The number of carbonyl (C=O) groups excluding carboxylic acids is 1. The van der Waals surface area contributed by atoms with Crippen LogP contribution in [0.25, 0.3) is 0 Å². The van der Waals surface area contributed by atoms with E-state index in [9.17, 15) is 9.90 Å². The Balaban J connectivity index is 3.64. The van der Waals surface area contributed by atoms with Gasteiger partial charge in [0.1, 0.15) is 11.3 Å². The summed E-state index contributed by atoms with van der Waals surface area (Å²) in [5.74, 6) is -0.525. The third-order valence-corrected chi connectivity index (χ3v) is 4.57. The Bertz CT molecular complexity index is 444. The number of benzene rings is 1. The number of thioether (sulfide) groups is 1. The van der Waals surface area contributed by atoms with E-state index < -0.39 is 5.97 Å². The number of phenolic OH excluding ortho intramolecular Hbond substituents is 1. The minimum absolute atomic E-state index is 0.00287. The van der Waals surface area contributed by atoms with Crippen LogP contribution in [-0.2, 0) is 4.74 Å². The first kappa shape index (κ1) is 13.4. The largest absolute Gasteiger partial charge is 0.507 e. The summed E-state index contributed by atoms with van der Waals surface area (Å²) in [6, 6.07) is 0. The standard InChI is InChI=1S/C11H13BrO3S/c1-5-6(2)9(13)7(11(14)15-3)10(16-4)8(5)12/h13H,1-4H3. The van der Waals surface area contributed by atoms with Crippen LogP contribution in [0, 0.1) is 13.8 Å². The molecule has 88 valence electrons. The van der Waals surface area contributed by atoms with Crippen LogP contribution >= 0.6 is 27.7 Å². The first-order valence-electron chi connectivity index (χ1n) is 4.59. The van der Waals surface area contributed by atoms with Crippen molar-refractivity contribution in [2.45, 2.75) is 18.7 Å². The highest BCUT2D eigenvalue weighted by atomic mass is 79.9. The maximum atomic E-state index is 11.6. The molecule has 0 fully saturated rings. The highest BCUT2D eigenvalue weighted by Crippen LogP contribution is 2.40. The fourth-order valence-corrected chi connectivity index (χ4v) is 3.10. The van der Waals surface area contributed by atoms with Gasteiger partial charge in [-0.05, 0) is 47.2 Å². The minimum atomic E-state index is -0.523. The summed E-state index contributed by atoms with van der Waals surface area (Å²) in [6.07, 6.45) is 1.85. The molecule has 0 aliphatic carbocycles. The number of aromatic hydroxyl groups is 1. The maximum Gasteiger partial charge on any atom is 0.342 e. The van der Waals surface area contributed by atoms with E-state index >= 15 is 0 Å². The molecule has 0 bridgehead atoms. The van der Waals surface area contributed by atoms with E-state index in [0.717, 1.165) is 10.0 Å². The van der Waals surface area contributed by atoms with Gasteiger partial charge in [0.15, 0.2) is 0 Å². The van der Waals surface area contributed by atoms with Crippen LogP contribution in [-0.4, -0.2) is 24.4 Å². The van der Waals surface area contributed by atoms with Crippen LogP contribution in [0.3, 0.4) is 0 Å². The number of hydrogen-bond donors (Lipinski definition) is 1. The van der Waals surface area contributed by atoms with Gasteiger partial charge in [-0.3, -0.25) is 0 Å². The number of carbonyl (C=O) groups is 1. The molecular weight excluding hydrogens is 292 g/mol. The number of methoxy groups -OCH3 is 1. The predicted octanol–water partition coefficient (Wildman–Crippen LogP) is 3.28. The van der Waals surface area contributed by atoms with Gasteiger partial charge in [-0.25, -0.2) is 4.79 Å². The van der Waals surface area contributed by atoms with Crippen molar-refractivity contribution in [3.8, 4) is 5.75 Å². The molecule has 0 radical (unpaired) electrons. The molecule has 0 aromatic heterocycles. The SMILES string of the molecule is COC(=O)c1c(O)c(C)c(C)c(Br)c1SC. The molecule has 0 aliphatic rings. The van der Waals surface area contributed by atoms with E-state index in [1.54, 1.807) is 6.92 Å². The molecule has 0 unspecified atom stereocenters. The minimum Gasteiger partial charge on any atom is -0.507 e. The van der Waals surface area contributed by atoms with E-state index in [0.29, 0.717) is 10.5 Å². The number of halogens is 1. The summed E-state index contributed by atoms with van der Waals surface area (Å²) >= 11 is 4.83. The van der Waals surface area contributed by atoms with Crippen LogP contribution in [0.1, 0.15) is 21.5 Å². The average molecular weight is 305 g/mol. The van der Waals surface area contributed by atoms with E-state index in [1.807, 2.05) is 13.2 Å². The molecule has 1 aromatic rings. The molecule has 5 heteroatoms. The molecule has 3 nitrogen and oxygen atoms in total. The average Bonchev–Trinajstić information content (AvgIpc) is 2.29. The summed E-state index contributed by atoms with van der Waals surface area (Å²) in [4.78, 5) is 12.3. The normalized spacial score (nSPS) is 10.3. The Labute approximate surface area is 107 Å². The second-order valence-electron chi connectivity index (χ2n) is 3.31. The molecule has 1 aromatic carbocycles. The molecule has 16 heavy (non-hydrogen) atoms. The van der Waals surface area contributed by atoms with E-state index in [4.69, 9.17) is 0 Å². The number of rotatable bonds is 2. The van der Waals surface area contributed by atoms with Gasteiger partial charge in [0.2, 0.25) is 0 Å². The summed E-state index contributed by atoms with van der Waals surface area (Å²) in [6.45, 7) is 3.66. The van der Waals surface area contributed by atoms with Crippen molar-refractivity contribution in [3.63, 3.8) is 0 Å². The Morgan fingerprint density at radius 3 is 2.38 bits per heavy atom. The van der Waals surface area contributed by atoms with Crippen LogP contribution in [0.4, 0.5) is 0 Å². The zero-order chi connectivity index (χ0) is 12.5. The topological polar surface area (TPSA) is 46.5 Å². The molecule has 0 spiro atoms. The molecule has 0 atom stereocenters. The second-order valence-corrected chi connectivity index (χ2v) is 4.92. The van der Waals surface area contributed by atoms with E-state index in [-0.39, 0.29) is 11.3 Å². The zero-order valence-corrected chi connectivity index (χ0v) is 12.0. The summed E-state index contributed by atoms with van der Waals surface area (Å²) < 4.78 is 5.51. The summed E-state index contributed by atoms with van der Waals surface area (Å²) in [5.41, 5.74) is 1.84. The van der Waals surface area contributed by atoms with Gasteiger partial charge in [-0.1, -0.05) is 0 Å².